The van der Waals surface area contributed by atoms with Crippen LogP contribution < -0.4 is 10.6 Å². The lowest BCUT2D eigenvalue weighted by Gasteiger charge is -2.32. The van der Waals surface area contributed by atoms with E-state index < -0.39 is 17.7 Å². The van der Waals surface area contributed by atoms with Gasteiger partial charge in [-0.25, -0.2) is 4.98 Å². The Labute approximate surface area is 229 Å². The van der Waals surface area contributed by atoms with Crippen LogP contribution in [0, 0.1) is 0 Å². The molecule has 1 spiro atoms. The van der Waals surface area contributed by atoms with E-state index in [1.165, 1.54) is 11.8 Å². The van der Waals surface area contributed by atoms with Gasteiger partial charge in [0.1, 0.15) is 0 Å². The van der Waals surface area contributed by atoms with Crippen molar-refractivity contribution in [2.75, 3.05) is 13.1 Å². The molecule has 1 aromatic heterocycles. The number of pyridine rings is 1. The second kappa shape index (κ2) is 11.6. The number of carbonyl (C=O) groups excluding carboxylic acids is 3. The highest BCUT2D eigenvalue weighted by Gasteiger charge is 2.45. The molecule has 3 aromatic rings. The average molecular weight is 552 g/mol. The van der Waals surface area contributed by atoms with Gasteiger partial charge < -0.3 is 20.1 Å². The zero-order valence-electron chi connectivity index (χ0n) is 20.5. The van der Waals surface area contributed by atoms with Crippen LogP contribution in [0.15, 0.2) is 65.8 Å². The molecule has 196 valence electrons. The minimum Gasteiger partial charge on any atom is -0.416 e. The summed E-state index contributed by atoms with van der Waals surface area (Å²) in [5.41, 5.74) is 3.87. The largest absolute Gasteiger partial charge is 0.416 e. The van der Waals surface area contributed by atoms with Crippen molar-refractivity contribution in [2.24, 2.45) is 0 Å². The first-order valence-corrected chi connectivity index (χ1v) is 13.7. The molecule has 0 radical (unpaired) electrons. The Bertz CT molecular complexity index is 1330. The van der Waals surface area contributed by atoms with Gasteiger partial charge in [-0.1, -0.05) is 41.9 Å². The molecule has 38 heavy (non-hydrogen) atoms. The van der Waals surface area contributed by atoms with E-state index in [0.29, 0.717) is 41.4 Å². The van der Waals surface area contributed by atoms with E-state index in [0.717, 1.165) is 21.7 Å². The van der Waals surface area contributed by atoms with Crippen LogP contribution in [0.4, 0.5) is 0 Å². The molecule has 1 amide bonds. The van der Waals surface area contributed by atoms with Crippen molar-refractivity contribution < 1.29 is 23.9 Å². The van der Waals surface area contributed by atoms with Crippen molar-refractivity contribution in [3.8, 4) is 0 Å². The first-order valence-electron chi connectivity index (χ1n) is 12.3. The lowest BCUT2D eigenvalue weighted by molar-refractivity contribution is -0.225. The highest BCUT2D eigenvalue weighted by atomic mass is 35.5. The summed E-state index contributed by atoms with van der Waals surface area (Å²) in [6.07, 6.45) is 2.14. The number of nitrogens with one attached hydrogen (secondary N) is 2. The maximum Gasteiger partial charge on any atom is 0.309 e. The van der Waals surface area contributed by atoms with Crippen LogP contribution in [-0.4, -0.2) is 35.9 Å². The van der Waals surface area contributed by atoms with Crippen LogP contribution in [-0.2, 0) is 43.6 Å². The SMILES string of the molecule is O=C1CCC(=O)OC2(CNCCc3c2ccc(Cl)c3CSc2ccc(C(=O)NCc3ccccc3)cn2)O1. The smallest absolute Gasteiger partial charge is 0.309 e. The summed E-state index contributed by atoms with van der Waals surface area (Å²) in [5.74, 6) is -2.18. The second-order valence-electron chi connectivity index (χ2n) is 9.02. The highest BCUT2D eigenvalue weighted by molar-refractivity contribution is 7.98. The summed E-state index contributed by atoms with van der Waals surface area (Å²) in [4.78, 5) is 41.6. The first kappa shape index (κ1) is 26.2. The summed E-state index contributed by atoms with van der Waals surface area (Å²) >= 11 is 8.10. The third-order valence-electron chi connectivity index (χ3n) is 6.44. The molecule has 2 aliphatic rings. The van der Waals surface area contributed by atoms with E-state index in [-0.39, 0.29) is 25.3 Å². The zero-order chi connectivity index (χ0) is 26.5. The van der Waals surface area contributed by atoms with Crippen LogP contribution in [0.5, 0.6) is 0 Å². The maximum atomic E-state index is 12.5. The number of thioether (sulfide) groups is 1. The Morgan fingerprint density at radius 1 is 1.03 bits per heavy atom. The predicted octanol–water partition coefficient (Wildman–Crippen LogP) is 4.14. The molecule has 10 heteroatoms. The number of nitrogens with zero attached hydrogens (tertiary/aromatic N) is 1. The van der Waals surface area contributed by atoms with Gasteiger partial charge >= 0.3 is 11.9 Å². The van der Waals surface area contributed by atoms with Gasteiger partial charge in [-0.05, 0) is 53.9 Å². The second-order valence-corrected chi connectivity index (χ2v) is 10.4. The minimum absolute atomic E-state index is 0.0157. The Morgan fingerprint density at radius 3 is 2.50 bits per heavy atom. The molecule has 0 aliphatic carbocycles. The molecule has 0 unspecified atom stereocenters. The number of rotatable bonds is 6. The molecule has 1 fully saturated rings. The quantitative estimate of drug-likeness (QED) is 0.348. The standard InChI is InChI=1S/C28H26ClN3O5S/c29-23-8-7-22-20(12-13-30-17-28(22)36-25(33)10-11-26(34)37-28)21(23)16-38-24-9-6-19(15-31-24)27(35)32-14-18-4-2-1-3-5-18/h1-9,15,30H,10-14,16-17H2,(H,32,35). The molecule has 0 bridgehead atoms. The molecule has 1 saturated heterocycles. The number of benzene rings is 2. The van der Waals surface area contributed by atoms with Crippen molar-refractivity contribution in [3.05, 3.63) is 93.6 Å². The molecule has 2 N–H and O–H groups in total. The molecule has 0 saturated carbocycles. The van der Waals surface area contributed by atoms with Crippen molar-refractivity contribution in [1.29, 1.82) is 0 Å². The van der Waals surface area contributed by atoms with Crippen LogP contribution in [0.1, 0.15) is 45.5 Å². The van der Waals surface area contributed by atoms with Crippen LogP contribution in [0.3, 0.4) is 0 Å². The number of esters is 2. The van der Waals surface area contributed by atoms with Crippen LogP contribution >= 0.6 is 23.4 Å². The number of hydrogen-bond acceptors (Lipinski definition) is 8. The summed E-state index contributed by atoms with van der Waals surface area (Å²) in [7, 11) is 0. The first-order chi connectivity index (χ1) is 18.4. The number of amides is 1. The van der Waals surface area contributed by atoms with E-state index in [9.17, 15) is 14.4 Å². The van der Waals surface area contributed by atoms with E-state index in [1.54, 1.807) is 30.5 Å². The van der Waals surface area contributed by atoms with E-state index in [2.05, 4.69) is 15.6 Å². The highest BCUT2D eigenvalue weighted by Crippen LogP contribution is 2.39. The van der Waals surface area contributed by atoms with Crippen molar-refractivity contribution >= 4 is 41.2 Å². The molecular formula is C28H26ClN3O5S. The number of ether oxygens (including phenoxy) is 2. The fourth-order valence-electron chi connectivity index (χ4n) is 4.53. The summed E-state index contributed by atoms with van der Waals surface area (Å²) < 4.78 is 11.4. The Kier molecular flexibility index (Phi) is 7.97. The Hall–Kier alpha value is -3.40. The molecule has 2 aliphatic heterocycles. The van der Waals surface area contributed by atoms with Gasteiger partial charge in [0, 0.05) is 29.1 Å². The summed E-state index contributed by atoms with van der Waals surface area (Å²) in [6.45, 7) is 1.21. The Morgan fingerprint density at radius 2 is 1.79 bits per heavy atom. The fraction of sp³-hybridized carbons (Fsp3) is 0.286. The number of carbonyl (C=O) groups is 3. The number of fused-ring (bicyclic) bond motifs is 2. The van der Waals surface area contributed by atoms with E-state index in [4.69, 9.17) is 21.1 Å². The van der Waals surface area contributed by atoms with Gasteiger partial charge in [-0.2, -0.15) is 0 Å². The third kappa shape index (κ3) is 5.85. The zero-order valence-corrected chi connectivity index (χ0v) is 22.1. The molecule has 3 heterocycles. The van der Waals surface area contributed by atoms with Gasteiger partial charge in [-0.3, -0.25) is 14.4 Å². The summed E-state index contributed by atoms with van der Waals surface area (Å²) in [5, 5.41) is 7.42. The predicted molar refractivity (Wildman–Crippen MR) is 143 cm³/mol. The number of aromatic nitrogens is 1. The lowest BCUT2D eigenvalue weighted by atomic mass is 9.94. The molecule has 2 aromatic carbocycles. The van der Waals surface area contributed by atoms with Gasteiger partial charge in [0.15, 0.2) is 0 Å². The fourth-order valence-corrected chi connectivity index (χ4v) is 5.76. The molecule has 8 nitrogen and oxygen atoms in total. The van der Waals surface area contributed by atoms with Gasteiger partial charge in [0.25, 0.3) is 11.7 Å². The van der Waals surface area contributed by atoms with E-state index >= 15 is 0 Å². The van der Waals surface area contributed by atoms with Crippen molar-refractivity contribution in [3.63, 3.8) is 0 Å². The molecule has 5 rings (SSSR count). The normalized spacial score (nSPS) is 16.6. The number of halogens is 1. The third-order valence-corrected chi connectivity index (χ3v) is 7.77. The minimum atomic E-state index is -1.52. The van der Waals surface area contributed by atoms with Crippen LogP contribution in [0.2, 0.25) is 5.02 Å². The van der Waals surface area contributed by atoms with E-state index in [1.807, 2.05) is 30.3 Å². The Balaban J connectivity index is 1.32. The van der Waals surface area contributed by atoms with Crippen LogP contribution in [0.25, 0.3) is 0 Å². The topological polar surface area (TPSA) is 107 Å². The van der Waals surface area contributed by atoms with Gasteiger partial charge in [-0.15, -0.1) is 11.8 Å². The molecular weight excluding hydrogens is 526 g/mol. The average Bonchev–Trinajstić information content (AvgIpc) is 3.19. The number of hydrogen-bond donors (Lipinski definition) is 2. The van der Waals surface area contributed by atoms with Crippen molar-refractivity contribution in [2.45, 2.75) is 42.4 Å². The molecule has 0 atom stereocenters. The monoisotopic (exact) mass is 551 g/mol. The maximum absolute atomic E-state index is 12.5. The van der Waals surface area contributed by atoms with Gasteiger partial charge in [0.05, 0.1) is 30.0 Å². The lowest BCUT2D eigenvalue weighted by Crippen LogP contribution is -2.43. The summed E-state index contributed by atoms with van der Waals surface area (Å²) in [6, 6.07) is 16.8. The van der Waals surface area contributed by atoms with Crippen molar-refractivity contribution in [1.82, 2.24) is 15.6 Å². The van der Waals surface area contributed by atoms with Gasteiger partial charge in [0.2, 0.25) is 0 Å².